The van der Waals surface area contributed by atoms with Crippen LogP contribution in [-0.4, -0.2) is 72.0 Å². The van der Waals surface area contributed by atoms with Gasteiger partial charge in [0.05, 0.1) is 12.1 Å². The maximum Gasteiger partial charge on any atom is 0.336 e. The van der Waals surface area contributed by atoms with Gasteiger partial charge in [0.1, 0.15) is 5.82 Å². The topological polar surface area (TPSA) is 85.8 Å². The van der Waals surface area contributed by atoms with Crippen LogP contribution in [0, 0.1) is 0 Å². The third-order valence-electron chi connectivity index (χ3n) is 3.60. The fraction of sp³-hybridized carbons (Fsp3) is 0.562. The van der Waals surface area contributed by atoms with Gasteiger partial charge in [-0.15, -0.1) is 0 Å². The van der Waals surface area contributed by atoms with Gasteiger partial charge in [0, 0.05) is 31.4 Å². The van der Waals surface area contributed by atoms with Crippen molar-refractivity contribution in [2.24, 2.45) is 0 Å². The van der Waals surface area contributed by atoms with E-state index in [9.17, 15) is 14.7 Å². The Bertz CT molecular complexity index is 546. The molecule has 1 rings (SSSR count). The van der Waals surface area contributed by atoms with Crippen molar-refractivity contribution >= 4 is 17.7 Å². The van der Waals surface area contributed by atoms with Crippen LogP contribution in [0.3, 0.4) is 0 Å². The van der Waals surface area contributed by atoms with E-state index in [-0.39, 0.29) is 18.0 Å². The highest BCUT2D eigenvalue weighted by atomic mass is 16.4. The fourth-order valence-electron chi connectivity index (χ4n) is 2.25. The second-order valence-electron chi connectivity index (χ2n) is 5.47. The first-order valence-corrected chi connectivity index (χ1v) is 7.78. The summed E-state index contributed by atoms with van der Waals surface area (Å²) in [5.41, 5.74) is 0.835. The van der Waals surface area contributed by atoms with Gasteiger partial charge in [0.25, 0.3) is 0 Å². The fourth-order valence-corrected chi connectivity index (χ4v) is 2.25. The molecule has 0 aliphatic rings. The molecular weight excluding hydrogens is 296 g/mol. The Morgan fingerprint density at radius 2 is 1.96 bits per heavy atom. The van der Waals surface area contributed by atoms with Gasteiger partial charge in [-0.2, -0.15) is 0 Å². The highest BCUT2D eigenvalue weighted by Gasteiger charge is 2.16. The number of aromatic carboxylic acids is 1. The lowest BCUT2D eigenvalue weighted by atomic mass is 10.1. The second kappa shape index (κ2) is 9.09. The molecule has 0 aliphatic carbocycles. The number of amides is 1. The molecule has 128 valence electrons. The van der Waals surface area contributed by atoms with E-state index in [1.54, 1.807) is 4.90 Å². The van der Waals surface area contributed by atoms with Crippen molar-refractivity contribution < 1.29 is 14.7 Å². The summed E-state index contributed by atoms with van der Waals surface area (Å²) >= 11 is 0. The summed E-state index contributed by atoms with van der Waals surface area (Å²) in [7, 11) is 3.93. The molecule has 0 atom stereocenters. The average molecular weight is 322 g/mol. The number of nitrogens with one attached hydrogen (secondary N) is 1. The van der Waals surface area contributed by atoms with Crippen molar-refractivity contribution in [3.63, 3.8) is 0 Å². The Kier molecular flexibility index (Phi) is 7.47. The SMILES string of the molecule is CCc1c(C(=O)O)ccnc1NCC(=O)N(CC)CCN(C)C. The number of aromatic nitrogens is 1. The number of likely N-dealkylation sites (N-methyl/N-ethyl adjacent to an activating group) is 2. The molecule has 1 aromatic rings. The molecule has 0 saturated carbocycles. The van der Waals surface area contributed by atoms with Crippen LogP contribution in [0.15, 0.2) is 12.3 Å². The monoisotopic (exact) mass is 322 g/mol. The highest BCUT2D eigenvalue weighted by molar-refractivity contribution is 5.91. The molecule has 0 spiro atoms. The summed E-state index contributed by atoms with van der Waals surface area (Å²) in [5, 5.41) is 12.2. The van der Waals surface area contributed by atoms with Crippen molar-refractivity contribution in [1.29, 1.82) is 0 Å². The standard InChI is InChI=1S/C16H26N4O3/c1-5-12-13(16(22)23)7-8-17-15(12)18-11-14(21)20(6-2)10-9-19(3)4/h7-8H,5-6,9-11H2,1-4H3,(H,17,18)(H,22,23). The summed E-state index contributed by atoms with van der Waals surface area (Å²) < 4.78 is 0. The van der Waals surface area contributed by atoms with Crippen LogP contribution in [-0.2, 0) is 11.2 Å². The van der Waals surface area contributed by atoms with Crippen molar-refractivity contribution in [2.75, 3.05) is 45.6 Å². The number of carbonyl (C=O) groups excluding carboxylic acids is 1. The third-order valence-corrected chi connectivity index (χ3v) is 3.60. The third kappa shape index (κ3) is 5.52. The van der Waals surface area contributed by atoms with E-state index in [2.05, 4.69) is 10.3 Å². The molecule has 7 nitrogen and oxygen atoms in total. The van der Waals surface area contributed by atoms with Gasteiger partial charge in [-0.25, -0.2) is 9.78 Å². The molecule has 0 fully saturated rings. The summed E-state index contributed by atoms with van der Waals surface area (Å²) in [4.78, 5) is 31.5. The largest absolute Gasteiger partial charge is 0.478 e. The maximum atomic E-state index is 12.3. The van der Waals surface area contributed by atoms with Gasteiger partial charge in [-0.1, -0.05) is 6.92 Å². The van der Waals surface area contributed by atoms with Crippen molar-refractivity contribution in [3.8, 4) is 0 Å². The van der Waals surface area contributed by atoms with E-state index in [1.807, 2.05) is 32.8 Å². The van der Waals surface area contributed by atoms with Crippen LogP contribution >= 0.6 is 0 Å². The van der Waals surface area contributed by atoms with Crippen molar-refractivity contribution in [3.05, 3.63) is 23.4 Å². The molecule has 0 radical (unpaired) electrons. The summed E-state index contributed by atoms with van der Waals surface area (Å²) in [6, 6.07) is 1.48. The van der Waals surface area contributed by atoms with Gasteiger partial charge in [0.2, 0.25) is 5.91 Å². The zero-order valence-electron chi connectivity index (χ0n) is 14.3. The van der Waals surface area contributed by atoms with Gasteiger partial charge in [-0.05, 0) is 33.5 Å². The number of carbonyl (C=O) groups is 2. The minimum Gasteiger partial charge on any atom is -0.478 e. The molecule has 0 aromatic carbocycles. The molecule has 1 heterocycles. The quantitative estimate of drug-likeness (QED) is 0.710. The maximum absolute atomic E-state index is 12.3. The number of anilines is 1. The summed E-state index contributed by atoms with van der Waals surface area (Å²) in [6.45, 7) is 6.00. The predicted octanol–water partition coefficient (Wildman–Crippen LogP) is 1.16. The predicted molar refractivity (Wildman–Crippen MR) is 89.9 cm³/mol. The van der Waals surface area contributed by atoms with E-state index >= 15 is 0 Å². The van der Waals surface area contributed by atoms with E-state index < -0.39 is 5.97 Å². The first-order chi connectivity index (χ1) is 10.9. The van der Waals surface area contributed by atoms with Crippen molar-refractivity contribution in [1.82, 2.24) is 14.8 Å². The van der Waals surface area contributed by atoms with Crippen LogP contribution in [0.25, 0.3) is 0 Å². The number of rotatable bonds is 9. The molecule has 7 heteroatoms. The number of nitrogens with zero attached hydrogens (tertiary/aromatic N) is 3. The lowest BCUT2D eigenvalue weighted by Crippen LogP contribution is -2.39. The van der Waals surface area contributed by atoms with E-state index in [4.69, 9.17) is 0 Å². The van der Waals surface area contributed by atoms with Crippen LogP contribution in [0.5, 0.6) is 0 Å². The lowest BCUT2D eigenvalue weighted by Gasteiger charge is -2.23. The van der Waals surface area contributed by atoms with E-state index in [1.165, 1.54) is 12.3 Å². The first-order valence-electron chi connectivity index (χ1n) is 7.78. The number of hydrogen-bond donors (Lipinski definition) is 2. The number of carboxylic acids is 1. The van der Waals surface area contributed by atoms with Crippen LogP contribution in [0.2, 0.25) is 0 Å². The lowest BCUT2D eigenvalue weighted by molar-refractivity contribution is -0.129. The van der Waals surface area contributed by atoms with E-state index in [0.717, 1.165) is 6.54 Å². The molecule has 23 heavy (non-hydrogen) atoms. The zero-order chi connectivity index (χ0) is 17.4. The molecule has 1 aromatic heterocycles. The van der Waals surface area contributed by atoms with Gasteiger partial charge < -0.3 is 20.2 Å². The highest BCUT2D eigenvalue weighted by Crippen LogP contribution is 2.18. The Labute approximate surface area is 137 Å². The Balaban J connectivity index is 2.75. The van der Waals surface area contributed by atoms with Gasteiger partial charge >= 0.3 is 5.97 Å². The molecule has 0 saturated heterocycles. The molecule has 0 bridgehead atoms. The minimum absolute atomic E-state index is 0.0288. The molecule has 0 aliphatic heterocycles. The minimum atomic E-state index is -0.986. The second-order valence-corrected chi connectivity index (χ2v) is 5.47. The van der Waals surface area contributed by atoms with Crippen LogP contribution in [0.1, 0.15) is 29.8 Å². The molecule has 0 unspecified atom stereocenters. The molecule has 1 amide bonds. The van der Waals surface area contributed by atoms with Crippen LogP contribution < -0.4 is 5.32 Å². The Morgan fingerprint density at radius 1 is 1.26 bits per heavy atom. The first kappa shape index (κ1) is 18.9. The van der Waals surface area contributed by atoms with E-state index in [0.29, 0.717) is 30.9 Å². The normalized spacial score (nSPS) is 10.7. The van der Waals surface area contributed by atoms with Gasteiger partial charge in [-0.3, -0.25) is 4.79 Å². The summed E-state index contributed by atoms with van der Waals surface area (Å²) in [5.74, 6) is -0.553. The average Bonchev–Trinajstić information content (AvgIpc) is 2.52. The number of pyridine rings is 1. The Hall–Kier alpha value is -2.15. The van der Waals surface area contributed by atoms with Gasteiger partial charge in [0.15, 0.2) is 0 Å². The Morgan fingerprint density at radius 3 is 2.48 bits per heavy atom. The molecule has 2 N–H and O–H groups in total. The zero-order valence-corrected chi connectivity index (χ0v) is 14.3. The number of hydrogen-bond acceptors (Lipinski definition) is 5. The van der Waals surface area contributed by atoms with Crippen LogP contribution in [0.4, 0.5) is 5.82 Å². The summed E-state index contributed by atoms with van der Waals surface area (Å²) in [6.07, 6.45) is 1.98. The molecular formula is C16H26N4O3. The van der Waals surface area contributed by atoms with Crippen molar-refractivity contribution in [2.45, 2.75) is 20.3 Å². The smallest absolute Gasteiger partial charge is 0.336 e. The number of carboxylic acid groups (broad SMARTS) is 1.